The fourth-order valence-electron chi connectivity index (χ4n) is 10.4. The molecule has 0 aromatic rings. The Morgan fingerprint density at radius 3 is 1.26 bits per heavy atom. The van der Waals surface area contributed by atoms with Crippen molar-refractivity contribution in [1.29, 1.82) is 0 Å². The van der Waals surface area contributed by atoms with Gasteiger partial charge >= 0.3 is 0 Å². The third-order valence-corrected chi connectivity index (χ3v) is 15.7. The van der Waals surface area contributed by atoms with Crippen molar-refractivity contribution in [2.75, 3.05) is 26.4 Å². The van der Waals surface area contributed by atoms with Crippen molar-refractivity contribution in [3.8, 4) is 0 Å². The third kappa shape index (κ3) is 31.0. The van der Waals surface area contributed by atoms with Crippen LogP contribution in [0.2, 0.25) is 0 Å². The van der Waals surface area contributed by atoms with Gasteiger partial charge in [-0.1, -0.05) is 201 Å². The second kappa shape index (κ2) is 48.5. The van der Waals surface area contributed by atoms with Gasteiger partial charge in [-0.2, -0.15) is 0 Å². The van der Waals surface area contributed by atoms with E-state index in [1.165, 1.54) is 32.1 Å². The van der Waals surface area contributed by atoms with Gasteiger partial charge < -0.3 is 89.9 Å². The van der Waals surface area contributed by atoms with Gasteiger partial charge in [-0.25, -0.2) is 0 Å². The molecule has 0 bridgehead atoms. The van der Waals surface area contributed by atoms with Gasteiger partial charge in [-0.15, -0.1) is 0 Å². The van der Waals surface area contributed by atoms with Crippen LogP contribution in [-0.2, 0) is 33.2 Å². The number of hydrogen-bond donors (Lipinski definition) is 12. The minimum atomic E-state index is -1.98. The summed E-state index contributed by atoms with van der Waals surface area (Å²) in [7, 11) is 0. The Kier molecular flexibility index (Phi) is 43.4. The molecule has 19 heteroatoms. The molecule has 3 aliphatic rings. The maximum atomic E-state index is 13.3. The Bertz CT molecular complexity index is 1940. The number of unbranched alkanes of at least 4 members (excludes halogenated alkanes) is 15. The van der Waals surface area contributed by atoms with Crippen molar-refractivity contribution >= 4 is 5.91 Å². The molecule has 17 atom stereocenters. The highest BCUT2D eigenvalue weighted by Crippen LogP contribution is 2.33. The van der Waals surface area contributed by atoms with Crippen LogP contribution in [0.4, 0.5) is 0 Å². The van der Waals surface area contributed by atoms with E-state index in [4.69, 9.17) is 28.4 Å². The lowest BCUT2D eigenvalue weighted by atomic mass is 9.96. The van der Waals surface area contributed by atoms with Crippen molar-refractivity contribution in [3.05, 3.63) is 97.2 Å². The lowest BCUT2D eigenvalue weighted by Gasteiger charge is -2.48. The number of rotatable bonds is 47. The largest absolute Gasteiger partial charge is 0.394 e. The van der Waals surface area contributed by atoms with Gasteiger partial charge in [-0.3, -0.25) is 4.79 Å². The zero-order valence-corrected chi connectivity index (χ0v) is 51.7. The molecule has 494 valence electrons. The van der Waals surface area contributed by atoms with Crippen LogP contribution in [0.3, 0.4) is 0 Å². The summed E-state index contributed by atoms with van der Waals surface area (Å²) in [6, 6.07) is -0.896. The van der Waals surface area contributed by atoms with Gasteiger partial charge in [0.15, 0.2) is 18.9 Å². The second-order valence-electron chi connectivity index (χ2n) is 22.8. The van der Waals surface area contributed by atoms with Crippen LogP contribution in [0, 0.1) is 0 Å². The van der Waals surface area contributed by atoms with Gasteiger partial charge in [0.2, 0.25) is 5.91 Å². The number of aliphatic hydroxyl groups excluding tert-OH is 11. The number of allylic oxidation sites excluding steroid dienone is 16. The molecule has 0 aromatic heterocycles. The van der Waals surface area contributed by atoms with E-state index in [0.717, 1.165) is 122 Å². The first-order chi connectivity index (χ1) is 41.8. The highest BCUT2D eigenvalue weighted by atomic mass is 16.8. The normalized spacial score (nSPS) is 29.4. The lowest BCUT2D eigenvalue weighted by molar-refractivity contribution is -0.379. The Hall–Kier alpha value is -3.29. The number of nitrogens with one attached hydrogen (secondary N) is 1. The molecule has 3 rings (SSSR count). The van der Waals surface area contributed by atoms with Gasteiger partial charge in [0, 0.05) is 6.42 Å². The number of amides is 1. The van der Waals surface area contributed by atoms with Crippen LogP contribution in [0.5, 0.6) is 0 Å². The summed E-state index contributed by atoms with van der Waals surface area (Å²) in [5.74, 6) is -0.260. The van der Waals surface area contributed by atoms with E-state index in [9.17, 15) is 61.0 Å². The summed E-state index contributed by atoms with van der Waals surface area (Å²) in [6.07, 6.45) is 35.3. The molecule has 0 radical (unpaired) electrons. The molecular weight excluding hydrogens is 1110 g/mol. The summed E-state index contributed by atoms with van der Waals surface area (Å²) in [4.78, 5) is 13.3. The first-order valence-electron chi connectivity index (χ1n) is 32.5. The average molecular weight is 1220 g/mol. The predicted molar refractivity (Wildman–Crippen MR) is 332 cm³/mol. The fourth-order valence-corrected chi connectivity index (χ4v) is 10.4. The first kappa shape index (κ1) is 77.0. The van der Waals surface area contributed by atoms with Crippen LogP contribution in [-0.4, -0.2) is 193 Å². The molecule has 17 unspecified atom stereocenters. The molecule has 0 saturated carbocycles. The molecule has 0 spiro atoms. The maximum Gasteiger partial charge on any atom is 0.220 e. The molecule has 86 heavy (non-hydrogen) atoms. The molecular formula is C67H113NO18. The number of carbonyl (C=O) groups is 1. The predicted octanol–water partition coefficient (Wildman–Crippen LogP) is 7.32. The number of hydrogen-bond acceptors (Lipinski definition) is 18. The van der Waals surface area contributed by atoms with E-state index in [0.29, 0.717) is 12.8 Å². The number of carbonyl (C=O) groups excluding carboxylic acids is 1. The highest BCUT2D eigenvalue weighted by molar-refractivity contribution is 5.76. The quantitative estimate of drug-likeness (QED) is 0.0210. The van der Waals surface area contributed by atoms with Crippen molar-refractivity contribution < 1.29 is 89.4 Å². The Labute approximate surface area is 513 Å². The van der Waals surface area contributed by atoms with Crippen LogP contribution < -0.4 is 5.32 Å². The smallest absolute Gasteiger partial charge is 0.220 e. The monoisotopic (exact) mass is 1220 g/mol. The second-order valence-corrected chi connectivity index (χ2v) is 22.8. The molecule has 3 saturated heterocycles. The zero-order chi connectivity index (χ0) is 62.6. The summed E-state index contributed by atoms with van der Waals surface area (Å²) in [5.41, 5.74) is 0. The van der Waals surface area contributed by atoms with E-state index >= 15 is 0 Å². The SMILES string of the molecule is CC/C=C\C/C=C\C/C=C\C/C=C\C/C=C\C/C=C\C/C=C\C/C=C\CCCCCCCCCCC(=O)NC(COC1OC(CO)C(OC2OC(CO)C(OC3OC(CO)C(O)C(O)C3O)C(O)C2O)C(O)C1O)C(O)CCCCCCCCCC. The van der Waals surface area contributed by atoms with Crippen LogP contribution >= 0.6 is 0 Å². The van der Waals surface area contributed by atoms with E-state index < -0.39 is 124 Å². The first-order valence-corrected chi connectivity index (χ1v) is 32.5. The van der Waals surface area contributed by atoms with Crippen LogP contribution in [0.15, 0.2) is 97.2 Å². The van der Waals surface area contributed by atoms with Crippen LogP contribution in [0.25, 0.3) is 0 Å². The molecule has 3 aliphatic heterocycles. The van der Waals surface area contributed by atoms with E-state index in [2.05, 4.69) is 116 Å². The highest BCUT2D eigenvalue weighted by Gasteiger charge is 2.53. The Morgan fingerprint density at radius 2 is 0.802 bits per heavy atom. The molecule has 12 N–H and O–H groups in total. The van der Waals surface area contributed by atoms with Crippen molar-refractivity contribution in [3.63, 3.8) is 0 Å². The average Bonchev–Trinajstić information content (AvgIpc) is 3.55. The molecule has 19 nitrogen and oxygen atoms in total. The standard InChI is InChI=1S/C67H113NO18/c1-3-5-7-9-11-13-14-15-16-17-18-19-20-21-22-23-24-25-26-27-28-29-30-31-32-33-34-35-36-37-39-41-43-45-55(73)68-50(51(72)44-42-40-38-12-10-8-6-4-2)49-81-65-61(79)58(76)63(53(47-70)83-65)86-67-62(80)59(77)64(54(48-71)84-67)85-66-60(78)57(75)56(74)52(46-69)82-66/h5,7,11,13,15-16,18-19,21-22,24-25,27-28,30-31,50-54,56-67,69-72,74-80H,3-4,6,8-10,12,14,17,20,23,26,29,32-49H2,1-2H3,(H,68,73)/b7-5-,13-11-,16-15-,19-18-,22-21-,25-24-,28-27-,31-30-. The maximum absolute atomic E-state index is 13.3. The van der Waals surface area contributed by atoms with Gasteiger partial charge in [0.1, 0.15) is 73.2 Å². The van der Waals surface area contributed by atoms with Gasteiger partial charge in [-0.05, 0) is 77.0 Å². The minimum Gasteiger partial charge on any atom is -0.394 e. The van der Waals surface area contributed by atoms with E-state index in [-0.39, 0.29) is 18.9 Å². The molecule has 3 heterocycles. The Balaban J connectivity index is 1.35. The summed E-state index contributed by atoms with van der Waals surface area (Å²) < 4.78 is 34.2. The van der Waals surface area contributed by atoms with E-state index in [1.807, 2.05) is 0 Å². The topological polar surface area (TPSA) is 307 Å². The van der Waals surface area contributed by atoms with Gasteiger partial charge in [0.25, 0.3) is 0 Å². The fraction of sp³-hybridized carbons (Fsp3) is 0.746. The number of aliphatic hydroxyl groups is 11. The lowest BCUT2D eigenvalue weighted by Crippen LogP contribution is -2.66. The molecule has 0 aliphatic carbocycles. The number of ether oxygens (including phenoxy) is 6. The molecule has 1 amide bonds. The minimum absolute atomic E-state index is 0.249. The molecule has 3 fully saturated rings. The summed E-state index contributed by atoms with van der Waals surface area (Å²) in [6.45, 7) is 1.60. The van der Waals surface area contributed by atoms with Crippen molar-refractivity contribution in [2.45, 2.75) is 291 Å². The van der Waals surface area contributed by atoms with Crippen LogP contribution in [0.1, 0.15) is 187 Å². The summed E-state index contributed by atoms with van der Waals surface area (Å²) in [5, 5.41) is 120. The van der Waals surface area contributed by atoms with Crippen molar-refractivity contribution in [1.82, 2.24) is 5.32 Å². The van der Waals surface area contributed by atoms with Gasteiger partial charge in [0.05, 0.1) is 38.6 Å². The van der Waals surface area contributed by atoms with E-state index in [1.54, 1.807) is 0 Å². The third-order valence-electron chi connectivity index (χ3n) is 15.7. The summed E-state index contributed by atoms with van der Waals surface area (Å²) >= 11 is 0. The zero-order valence-electron chi connectivity index (χ0n) is 51.7. The Morgan fingerprint density at radius 1 is 0.430 bits per heavy atom. The molecule has 0 aromatic carbocycles. The van der Waals surface area contributed by atoms with Crippen molar-refractivity contribution in [2.24, 2.45) is 0 Å².